The van der Waals surface area contributed by atoms with Crippen molar-refractivity contribution in [2.75, 3.05) is 6.61 Å². The Balaban J connectivity index is 1.61. The van der Waals surface area contributed by atoms with Crippen LogP contribution in [0.5, 0.6) is 5.75 Å². The number of carboxylic acids is 1. The maximum absolute atomic E-state index is 12.6. The molecule has 3 N–H and O–H groups in total. The summed E-state index contributed by atoms with van der Waals surface area (Å²) < 4.78 is 5.37. The Kier molecular flexibility index (Phi) is 7.27. The number of fused-ring (bicyclic) bond motifs is 1. The fourth-order valence-corrected chi connectivity index (χ4v) is 4.80. The fourth-order valence-electron chi connectivity index (χ4n) is 3.39. The number of hydrogen-bond donors (Lipinski definition) is 3. The molecular formula is C20H23ClN2O6S. The first-order chi connectivity index (χ1) is 14.3. The van der Waals surface area contributed by atoms with Gasteiger partial charge in [-0.05, 0) is 41.7 Å². The molecule has 0 spiro atoms. The highest BCUT2D eigenvalue weighted by molar-refractivity contribution is 8.03. The Morgan fingerprint density at radius 2 is 2.03 bits per heavy atom. The van der Waals surface area contributed by atoms with E-state index in [9.17, 15) is 24.6 Å². The van der Waals surface area contributed by atoms with Crippen LogP contribution in [-0.4, -0.2) is 63.1 Å². The van der Waals surface area contributed by atoms with Crippen LogP contribution in [0.4, 0.5) is 0 Å². The SMILES string of the molecule is CCCCC(O)C1=CS[C@@H]2C(NC(=O)COc3ccc(Cl)cc3)C(=O)N2C1C(=O)O. The summed E-state index contributed by atoms with van der Waals surface area (Å²) in [7, 11) is 0. The Hall–Kier alpha value is -2.23. The second-order valence-corrected chi connectivity index (χ2v) is 8.50. The van der Waals surface area contributed by atoms with Crippen LogP contribution in [-0.2, 0) is 14.4 Å². The number of benzene rings is 1. The zero-order chi connectivity index (χ0) is 21.8. The topological polar surface area (TPSA) is 116 Å². The molecule has 162 valence electrons. The normalized spacial score (nSPS) is 23.7. The maximum atomic E-state index is 12.6. The molecule has 0 radical (unpaired) electrons. The fraction of sp³-hybridized carbons (Fsp3) is 0.450. The average Bonchev–Trinajstić information content (AvgIpc) is 2.74. The Morgan fingerprint density at radius 1 is 1.33 bits per heavy atom. The zero-order valence-electron chi connectivity index (χ0n) is 16.3. The van der Waals surface area contributed by atoms with Crippen LogP contribution >= 0.6 is 23.4 Å². The van der Waals surface area contributed by atoms with Crippen LogP contribution in [0.2, 0.25) is 5.02 Å². The van der Waals surface area contributed by atoms with E-state index < -0.39 is 41.3 Å². The van der Waals surface area contributed by atoms with Gasteiger partial charge in [0.15, 0.2) is 12.6 Å². The van der Waals surface area contributed by atoms with Crippen LogP contribution in [0, 0.1) is 0 Å². The standard InChI is InChI=1S/C20H23ClN2O6S/c1-2-3-4-14(24)13-10-30-19-16(18(26)23(19)17(13)20(27)28)22-15(25)9-29-12-7-5-11(21)6-8-12/h5-8,10,14,16-17,19,24H,2-4,9H2,1H3,(H,22,25)(H,27,28)/t14?,16?,17?,19-/m1/s1. The molecule has 3 unspecified atom stereocenters. The van der Waals surface area contributed by atoms with Gasteiger partial charge in [0.2, 0.25) is 5.91 Å². The molecule has 30 heavy (non-hydrogen) atoms. The molecule has 3 rings (SSSR count). The van der Waals surface area contributed by atoms with E-state index in [1.807, 2.05) is 6.92 Å². The lowest BCUT2D eigenvalue weighted by atomic mass is 9.93. The molecule has 4 atom stereocenters. The van der Waals surface area contributed by atoms with Crippen LogP contribution < -0.4 is 10.1 Å². The highest BCUT2D eigenvalue weighted by atomic mass is 35.5. The number of carbonyl (C=O) groups excluding carboxylic acids is 2. The number of rotatable bonds is 9. The van der Waals surface area contributed by atoms with E-state index in [1.54, 1.807) is 29.7 Å². The Labute approximate surface area is 183 Å². The number of β-lactam (4-membered cyclic amide) rings is 1. The number of hydrogen-bond acceptors (Lipinski definition) is 6. The number of amides is 2. The number of aliphatic carboxylic acids is 1. The van der Waals surface area contributed by atoms with E-state index in [4.69, 9.17) is 16.3 Å². The number of carbonyl (C=O) groups is 3. The first-order valence-electron chi connectivity index (χ1n) is 9.59. The molecule has 2 amide bonds. The number of thioether (sulfide) groups is 1. The molecule has 0 saturated carbocycles. The van der Waals surface area contributed by atoms with Gasteiger partial charge in [-0.2, -0.15) is 0 Å². The minimum atomic E-state index is -1.23. The minimum Gasteiger partial charge on any atom is -0.484 e. The van der Waals surface area contributed by atoms with Gasteiger partial charge in [-0.1, -0.05) is 31.4 Å². The summed E-state index contributed by atoms with van der Waals surface area (Å²) in [6, 6.07) is 4.43. The number of nitrogens with one attached hydrogen (secondary N) is 1. The number of unbranched alkanes of at least 4 members (excludes halogenated alkanes) is 1. The van der Waals surface area contributed by atoms with E-state index in [1.165, 1.54) is 16.7 Å². The molecule has 1 fully saturated rings. The van der Waals surface area contributed by atoms with Crippen molar-refractivity contribution >= 4 is 41.1 Å². The summed E-state index contributed by atoms with van der Waals surface area (Å²) >= 11 is 7.02. The molecule has 0 bridgehead atoms. The number of nitrogens with zero attached hydrogens (tertiary/aromatic N) is 1. The predicted octanol–water partition coefficient (Wildman–Crippen LogP) is 2.01. The molecule has 0 aromatic heterocycles. The summed E-state index contributed by atoms with van der Waals surface area (Å²) in [6.07, 6.45) is 1.13. The van der Waals surface area contributed by atoms with Crippen molar-refractivity contribution < 1.29 is 29.3 Å². The number of aliphatic hydroxyl groups is 1. The summed E-state index contributed by atoms with van der Waals surface area (Å²) in [6.45, 7) is 1.69. The van der Waals surface area contributed by atoms with Gasteiger partial charge in [0.05, 0.1) is 6.10 Å². The van der Waals surface area contributed by atoms with Gasteiger partial charge in [-0.15, -0.1) is 11.8 Å². The lowest BCUT2D eigenvalue weighted by Crippen LogP contribution is -2.74. The predicted molar refractivity (Wildman–Crippen MR) is 112 cm³/mol. The molecule has 0 aliphatic carbocycles. The van der Waals surface area contributed by atoms with E-state index in [-0.39, 0.29) is 6.61 Å². The quantitative estimate of drug-likeness (QED) is 0.488. The largest absolute Gasteiger partial charge is 0.484 e. The van der Waals surface area contributed by atoms with Crippen molar-refractivity contribution in [2.24, 2.45) is 0 Å². The molecular weight excluding hydrogens is 432 g/mol. The van der Waals surface area contributed by atoms with Gasteiger partial charge in [0.1, 0.15) is 17.2 Å². The summed E-state index contributed by atoms with van der Waals surface area (Å²) in [5, 5.41) is 24.2. The smallest absolute Gasteiger partial charge is 0.330 e. The molecule has 1 aromatic rings. The Morgan fingerprint density at radius 3 is 2.67 bits per heavy atom. The van der Waals surface area contributed by atoms with Crippen molar-refractivity contribution in [3.05, 3.63) is 40.3 Å². The van der Waals surface area contributed by atoms with Crippen molar-refractivity contribution in [1.29, 1.82) is 0 Å². The van der Waals surface area contributed by atoms with Crippen LogP contribution in [0.1, 0.15) is 26.2 Å². The first kappa shape index (κ1) is 22.5. The second-order valence-electron chi connectivity index (χ2n) is 7.08. The molecule has 10 heteroatoms. The summed E-state index contributed by atoms with van der Waals surface area (Å²) in [5.41, 5.74) is 0.307. The molecule has 1 aromatic carbocycles. The molecule has 2 heterocycles. The number of ether oxygens (including phenoxy) is 1. The number of aliphatic hydroxyl groups excluding tert-OH is 1. The van der Waals surface area contributed by atoms with Crippen molar-refractivity contribution in [3.8, 4) is 5.75 Å². The highest BCUT2D eigenvalue weighted by Gasteiger charge is 2.56. The number of carboxylic acid groups (broad SMARTS) is 1. The first-order valence-corrected chi connectivity index (χ1v) is 10.9. The Bertz CT molecular complexity index is 846. The van der Waals surface area contributed by atoms with Crippen molar-refractivity contribution in [3.63, 3.8) is 0 Å². The minimum absolute atomic E-state index is 0.290. The van der Waals surface area contributed by atoms with E-state index in [0.29, 0.717) is 22.8 Å². The van der Waals surface area contributed by atoms with Crippen LogP contribution in [0.25, 0.3) is 0 Å². The average molecular weight is 455 g/mol. The van der Waals surface area contributed by atoms with Gasteiger partial charge in [-0.25, -0.2) is 4.79 Å². The van der Waals surface area contributed by atoms with Gasteiger partial charge in [-0.3, -0.25) is 9.59 Å². The third-order valence-corrected chi connectivity index (χ3v) is 6.41. The summed E-state index contributed by atoms with van der Waals surface area (Å²) in [5.74, 6) is -1.73. The van der Waals surface area contributed by atoms with Crippen LogP contribution in [0.3, 0.4) is 0 Å². The third-order valence-electron chi connectivity index (χ3n) is 4.97. The highest BCUT2D eigenvalue weighted by Crippen LogP contribution is 2.41. The molecule has 2 aliphatic heterocycles. The lowest BCUT2D eigenvalue weighted by molar-refractivity contribution is -0.160. The molecule has 8 nitrogen and oxygen atoms in total. The second kappa shape index (κ2) is 9.72. The van der Waals surface area contributed by atoms with Gasteiger partial charge in [0.25, 0.3) is 5.91 Å². The van der Waals surface area contributed by atoms with Crippen molar-refractivity contribution in [2.45, 2.75) is 49.7 Å². The van der Waals surface area contributed by atoms with Gasteiger partial charge >= 0.3 is 5.97 Å². The van der Waals surface area contributed by atoms with E-state index in [2.05, 4.69) is 5.32 Å². The number of halogens is 1. The van der Waals surface area contributed by atoms with E-state index >= 15 is 0 Å². The van der Waals surface area contributed by atoms with Crippen molar-refractivity contribution in [1.82, 2.24) is 10.2 Å². The molecule has 1 saturated heterocycles. The maximum Gasteiger partial charge on any atom is 0.330 e. The summed E-state index contributed by atoms with van der Waals surface area (Å²) in [4.78, 5) is 37.8. The van der Waals surface area contributed by atoms with Crippen LogP contribution in [0.15, 0.2) is 35.2 Å². The lowest BCUT2D eigenvalue weighted by Gasteiger charge is -2.51. The van der Waals surface area contributed by atoms with Gasteiger partial charge in [0, 0.05) is 5.02 Å². The molecule has 2 aliphatic rings. The zero-order valence-corrected chi connectivity index (χ0v) is 17.9. The van der Waals surface area contributed by atoms with Gasteiger partial charge < -0.3 is 25.2 Å². The third kappa shape index (κ3) is 4.74. The monoisotopic (exact) mass is 454 g/mol. The van der Waals surface area contributed by atoms with E-state index in [0.717, 1.165) is 12.8 Å².